The summed E-state index contributed by atoms with van der Waals surface area (Å²) in [4.78, 5) is 36.7. The molecule has 2 aliphatic heterocycles. The molecule has 3 amide bonds. The normalized spacial score (nSPS) is 20.5. The van der Waals surface area contributed by atoms with Crippen LogP contribution in [0.4, 0.5) is 4.79 Å². The highest BCUT2D eigenvalue weighted by Crippen LogP contribution is 2.33. The molecular weight excluding hydrogens is 659 g/mol. The molecule has 2 aliphatic rings. The molecule has 4 rings (SSSR count). The van der Waals surface area contributed by atoms with E-state index >= 15 is 0 Å². The quantitative estimate of drug-likeness (QED) is 0.0695. The highest BCUT2D eigenvalue weighted by Gasteiger charge is 2.47. The molecule has 2 aromatic rings. The zero-order valence-electron chi connectivity index (χ0n) is 32.3. The molecule has 266 valence electrons. The Kier molecular flexibility index (Phi) is 13.4. The van der Waals surface area contributed by atoms with Crippen LogP contribution in [0.25, 0.3) is 0 Å². The number of terminal acetylenes is 1. The number of thioether (sulfide) groups is 1. The maximum atomic E-state index is 12.8. The van der Waals surface area contributed by atoms with Crippen molar-refractivity contribution in [2.75, 3.05) is 45.2 Å². The molecule has 10 nitrogen and oxygen atoms in total. The van der Waals surface area contributed by atoms with Gasteiger partial charge in [-0.1, -0.05) is 73.0 Å². The molecule has 0 saturated carbocycles. The van der Waals surface area contributed by atoms with Crippen molar-refractivity contribution in [3.8, 4) is 12.3 Å². The zero-order valence-corrected chi connectivity index (χ0v) is 30.2. The van der Waals surface area contributed by atoms with Gasteiger partial charge in [0.2, 0.25) is 5.91 Å². The highest BCUT2D eigenvalue weighted by atomic mass is 32.2. The number of unbranched alkanes of at least 4 members (excludes halogenated alkanes) is 1. The van der Waals surface area contributed by atoms with Crippen LogP contribution >= 0.6 is 11.8 Å². The van der Waals surface area contributed by atoms with Gasteiger partial charge in [0.05, 0.1) is 42.9 Å². The van der Waals surface area contributed by atoms with Crippen LogP contribution in [-0.4, -0.2) is 94.5 Å². The van der Waals surface area contributed by atoms with Gasteiger partial charge < -0.3 is 34.3 Å². The molecule has 3 atom stereocenters. The molecule has 0 aromatic heterocycles. The Hall–Kier alpha value is -3.18. The molecule has 0 spiro atoms. The summed E-state index contributed by atoms with van der Waals surface area (Å²) in [6.07, 6.45) is 9.61. The fourth-order valence-electron chi connectivity index (χ4n) is 5.84. The summed E-state index contributed by atoms with van der Waals surface area (Å²) in [7, 11) is -4.08. The van der Waals surface area contributed by atoms with Gasteiger partial charge in [-0.2, -0.15) is 11.8 Å². The molecule has 0 radical (unpaired) electrons. The molecule has 0 bridgehead atoms. The zero-order chi connectivity index (χ0) is 38.5. The van der Waals surface area contributed by atoms with Gasteiger partial charge in [0.25, 0.3) is 0 Å². The van der Waals surface area contributed by atoms with Crippen molar-refractivity contribution in [2.24, 2.45) is 0 Å². The van der Waals surface area contributed by atoms with Crippen LogP contribution in [0, 0.1) is 12.3 Å². The van der Waals surface area contributed by atoms with Gasteiger partial charge in [-0.05, 0) is 43.5 Å². The second-order valence-corrected chi connectivity index (χ2v) is 16.7. The molecule has 2 heterocycles. The van der Waals surface area contributed by atoms with Crippen molar-refractivity contribution in [3.63, 3.8) is 0 Å². The first-order chi connectivity index (χ1) is 25.2. The van der Waals surface area contributed by atoms with Gasteiger partial charge in [-0.15, -0.1) is 6.42 Å². The summed E-state index contributed by atoms with van der Waals surface area (Å²) in [6.45, 7) is -2.34. The van der Waals surface area contributed by atoms with E-state index in [-0.39, 0.29) is 49.4 Å². The lowest BCUT2D eigenvalue weighted by Crippen LogP contribution is -2.67. The molecular formula is C37H51N3O7SSi. The van der Waals surface area contributed by atoms with Crippen molar-refractivity contribution in [1.82, 2.24) is 16.0 Å². The summed E-state index contributed by atoms with van der Waals surface area (Å²) in [5.41, 5.74) is -1.11. The van der Waals surface area contributed by atoms with Crippen LogP contribution in [0.15, 0.2) is 60.7 Å². The number of fused-ring (bicyclic) bond motifs is 1. The Morgan fingerprint density at radius 2 is 1.67 bits per heavy atom. The van der Waals surface area contributed by atoms with Crippen molar-refractivity contribution in [2.45, 2.75) is 81.7 Å². The van der Waals surface area contributed by atoms with Gasteiger partial charge in [-0.3, -0.25) is 9.59 Å². The number of benzene rings is 2. The third-order valence-electron chi connectivity index (χ3n) is 8.25. The van der Waals surface area contributed by atoms with Crippen molar-refractivity contribution >= 4 is 48.4 Å². The highest BCUT2D eigenvalue weighted by molar-refractivity contribution is 8.00. The molecule has 0 unspecified atom stereocenters. The molecule has 2 saturated heterocycles. The second-order valence-electron chi connectivity index (χ2n) is 12.7. The number of rotatable bonds is 23. The Morgan fingerprint density at radius 1 is 0.980 bits per heavy atom. The van der Waals surface area contributed by atoms with Gasteiger partial charge in [-0.25, -0.2) is 4.79 Å². The Bertz CT molecular complexity index is 1510. The summed E-state index contributed by atoms with van der Waals surface area (Å²) < 4.78 is 57.7. The first kappa shape index (κ1) is 33.0. The van der Waals surface area contributed by atoms with Crippen molar-refractivity contribution < 1.29 is 38.2 Å². The largest absolute Gasteiger partial charge is 0.407 e. The lowest BCUT2D eigenvalue weighted by molar-refractivity contribution is -0.123. The number of hydrogen-bond donors (Lipinski definition) is 3. The van der Waals surface area contributed by atoms with E-state index in [0.29, 0.717) is 41.5 Å². The van der Waals surface area contributed by atoms with Crippen LogP contribution in [0.3, 0.4) is 0 Å². The number of nitrogens with one attached hydrogen (secondary N) is 3. The van der Waals surface area contributed by atoms with Crippen LogP contribution in [0.5, 0.6) is 0 Å². The molecule has 3 N–H and O–H groups in total. The SMILES string of the molecule is [2H]C([2H])(OCC#C)C([2H])([2H])O[Si](OC(C)(C)CNC(=O)CCOCCCC(=O)CCCC[C@@H]1SC[C@@H]2NC(=O)N[C@@H]21)(c1ccccc1)c1ccccc1. The van der Waals surface area contributed by atoms with E-state index in [2.05, 4.69) is 21.9 Å². The van der Waals surface area contributed by atoms with Gasteiger partial charge in [0.1, 0.15) is 12.4 Å². The number of ketones is 1. The molecule has 0 aliphatic carbocycles. The monoisotopic (exact) mass is 713 g/mol. The van der Waals surface area contributed by atoms with E-state index in [9.17, 15) is 14.4 Å². The van der Waals surface area contributed by atoms with E-state index in [1.54, 1.807) is 74.5 Å². The minimum atomic E-state index is -4.08. The van der Waals surface area contributed by atoms with E-state index in [1.807, 2.05) is 11.8 Å². The predicted octanol–water partition coefficient (Wildman–Crippen LogP) is 3.30. The van der Waals surface area contributed by atoms with Crippen LogP contribution in [-0.2, 0) is 27.9 Å². The van der Waals surface area contributed by atoms with Gasteiger partial charge >= 0.3 is 14.6 Å². The number of Topliss-reactive ketones (excluding diaryl/α,β-unsaturated/α-hetero) is 1. The third-order valence-corrected chi connectivity index (χ3v) is 13.2. The van der Waals surface area contributed by atoms with Crippen molar-refractivity contribution in [1.29, 1.82) is 0 Å². The van der Waals surface area contributed by atoms with E-state index in [4.69, 9.17) is 30.2 Å². The standard InChI is InChI=1S/C37H51N3O7SSi/c1-4-22-44-25-26-46-49(30-16-7-5-8-17-30,31-18-9-6-10-19-31)47-37(2,3)28-38-34(42)21-24-45-23-13-15-29(41)14-11-12-20-33-35-32(27-48-33)39-36(43)40-35/h1,5-10,16-19,32-33,35H,11-15,20-28H2,2-3H3,(H,38,42)(H2,39,40,43)/t32-,33-,35-/m0/s1/i25D2,26D2. The van der Waals surface area contributed by atoms with E-state index < -0.39 is 33.9 Å². The number of hydrogen-bond acceptors (Lipinski definition) is 8. The average molecular weight is 714 g/mol. The fourth-order valence-corrected chi connectivity index (χ4v) is 10.5. The first-order valence-corrected chi connectivity index (χ1v) is 19.7. The van der Waals surface area contributed by atoms with Gasteiger partial charge in [0, 0.05) is 43.4 Å². The Balaban J connectivity index is 1.24. The van der Waals surface area contributed by atoms with Crippen LogP contribution in [0.1, 0.15) is 64.3 Å². The number of amides is 3. The third kappa shape index (κ3) is 12.3. The minimum Gasteiger partial charge on any atom is -0.385 e. The minimum absolute atomic E-state index is 0.0355. The lowest BCUT2D eigenvalue weighted by Gasteiger charge is -2.39. The number of urea groups is 1. The maximum absolute atomic E-state index is 12.8. The summed E-state index contributed by atoms with van der Waals surface area (Å²) in [6, 6.07) is 17.9. The lowest BCUT2D eigenvalue weighted by atomic mass is 10.0. The Morgan fingerprint density at radius 3 is 2.37 bits per heavy atom. The van der Waals surface area contributed by atoms with Gasteiger partial charge in [0.15, 0.2) is 0 Å². The summed E-state index contributed by atoms with van der Waals surface area (Å²) in [5.74, 6) is 3.00. The van der Waals surface area contributed by atoms with E-state index in [0.717, 1.165) is 25.0 Å². The molecule has 2 aromatic carbocycles. The Labute approximate surface area is 302 Å². The van der Waals surface area contributed by atoms with Crippen LogP contribution in [0.2, 0.25) is 0 Å². The number of ether oxygens (including phenoxy) is 2. The smallest absolute Gasteiger partial charge is 0.385 e. The second kappa shape index (κ2) is 19.9. The summed E-state index contributed by atoms with van der Waals surface area (Å²) >= 11 is 1.88. The number of carbonyl (C=O) groups is 3. The maximum Gasteiger partial charge on any atom is 0.407 e. The fraction of sp³-hybridized carbons (Fsp3) is 0.541. The molecule has 12 heteroatoms. The predicted molar refractivity (Wildman–Crippen MR) is 195 cm³/mol. The topological polar surface area (TPSA) is 124 Å². The number of carbonyl (C=O) groups excluding carboxylic acids is 3. The van der Waals surface area contributed by atoms with Crippen molar-refractivity contribution in [3.05, 3.63) is 60.7 Å². The summed E-state index contributed by atoms with van der Waals surface area (Å²) in [5, 5.41) is 10.3. The van der Waals surface area contributed by atoms with Crippen LogP contribution < -0.4 is 26.3 Å². The first-order valence-electron chi connectivity index (χ1n) is 18.8. The average Bonchev–Trinajstić information content (AvgIpc) is 3.69. The molecule has 2 fully saturated rings. The van der Waals surface area contributed by atoms with E-state index in [1.165, 1.54) is 0 Å². The molecule has 49 heavy (non-hydrogen) atoms.